The molecule has 4 rings (SSSR count). The Morgan fingerprint density at radius 3 is 2.44 bits per heavy atom. The molecule has 2 N–H and O–H groups in total. The number of rotatable bonds is 5. The number of urea groups is 1. The molecule has 4 aromatic rings. The number of alkyl halides is 3. The predicted octanol–water partition coefficient (Wildman–Crippen LogP) is 5.59. The largest absolute Gasteiger partial charge is 0.487 e. The van der Waals surface area contributed by atoms with Crippen molar-refractivity contribution in [1.29, 1.82) is 0 Å². The summed E-state index contributed by atoms with van der Waals surface area (Å²) < 4.78 is 45.5. The van der Waals surface area contributed by atoms with Crippen molar-refractivity contribution >= 4 is 34.7 Å². The SMILES string of the molecule is O=C(Nc1cccc(OCc2cc(=O)n3cc(Cl)ccc3n2)c1)Nc1cccc(C(F)(F)F)c1. The number of carbonyl (C=O) groups is 1. The first-order valence-electron chi connectivity index (χ1n) is 9.83. The highest BCUT2D eigenvalue weighted by molar-refractivity contribution is 6.30. The molecule has 0 spiro atoms. The second-order valence-corrected chi connectivity index (χ2v) is 7.57. The molecule has 0 radical (unpaired) electrons. The van der Waals surface area contributed by atoms with Crippen LogP contribution in [0.2, 0.25) is 5.02 Å². The molecule has 0 atom stereocenters. The van der Waals surface area contributed by atoms with Crippen molar-refractivity contribution in [3.63, 3.8) is 0 Å². The maximum Gasteiger partial charge on any atom is 0.416 e. The Morgan fingerprint density at radius 2 is 1.71 bits per heavy atom. The summed E-state index contributed by atoms with van der Waals surface area (Å²) in [5.74, 6) is 0.384. The van der Waals surface area contributed by atoms with Gasteiger partial charge in [-0.2, -0.15) is 13.2 Å². The van der Waals surface area contributed by atoms with Gasteiger partial charge in [0.15, 0.2) is 0 Å². The molecule has 0 saturated heterocycles. The molecule has 7 nitrogen and oxygen atoms in total. The number of fused-ring (bicyclic) bond motifs is 1. The van der Waals surface area contributed by atoms with E-state index in [1.807, 2.05) is 0 Å². The minimum Gasteiger partial charge on any atom is -0.487 e. The molecule has 2 amide bonds. The smallest absolute Gasteiger partial charge is 0.416 e. The van der Waals surface area contributed by atoms with Crippen molar-refractivity contribution in [2.45, 2.75) is 12.8 Å². The Hall–Kier alpha value is -4.05. The van der Waals surface area contributed by atoms with Crippen LogP contribution in [0, 0.1) is 0 Å². The quantitative estimate of drug-likeness (QED) is 0.383. The van der Waals surface area contributed by atoms with Gasteiger partial charge in [-0.1, -0.05) is 23.7 Å². The Bertz CT molecular complexity index is 1420. The molecule has 2 aromatic carbocycles. The van der Waals surface area contributed by atoms with Crippen molar-refractivity contribution in [3.8, 4) is 5.75 Å². The van der Waals surface area contributed by atoms with Crippen LogP contribution in [-0.2, 0) is 12.8 Å². The number of nitrogens with zero attached hydrogens (tertiary/aromatic N) is 2. The zero-order valence-electron chi connectivity index (χ0n) is 17.3. The molecule has 0 saturated carbocycles. The normalized spacial score (nSPS) is 11.3. The number of ether oxygens (including phenoxy) is 1. The number of hydrogen-bond acceptors (Lipinski definition) is 4. The average molecular weight is 489 g/mol. The van der Waals surface area contributed by atoms with E-state index in [0.717, 1.165) is 12.1 Å². The van der Waals surface area contributed by atoms with Crippen LogP contribution in [0.15, 0.2) is 77.7 Å². The molecule has 0 aliphatic heterocycles. The van der Waals surface area contributed by atoms with Gasteiger partial charge in [0.25, 0.3) is 5.56 Å². The Kier molecular flexibility index (Phi) is 6.42. The van der Waals surface area contributed by atoms with E-state index in [1.54, 1.807) is 30.3 Å². The van der Waals surface area contributed by atoms with E-state index < -0.39 is 17.8 Å². The van der Waals surface area contributed by atoms with E-state index in [-0.39, 0.29) is 17.9 Å². The second-order valence-electron chi connectivity index (χ2n) is 7.14. The van der Waals surface area contributed by atoms with Gasteiger partial charge >= 0.3 is 12.2 Å². The van der Waals surface area contributed by atoms with Crippen LogP contribution in [0.3, 0.4) is 0 Å². The van der Waals surface area contributed by atoms with Gasteiger partial charge < -0.3 is 15.4 Å². The molecule has 0 aliphatic rings. The lowest BCUT2D eigenvalue weighted by Gasteiger charge is -2.12. The van der Waals surface area contributed by atoms with Crippen molar-refractivity contribution in [3.05, 3.63) is 99.6 Å². The summed E-state index contributed by atoms with van der Waals surface area (Å²) >= 11 is 5.90. The Labute approximate surface area is 195 Å². The van der Waals surface area contributed by atoms with Crippen molar-refractivity contribution in [2.75, 3.05) is 10.6 Å². The lowest BCUT2D eigenvalue weighted by molar-refractivity contribution is -0.137. The fraction of sp³-hybridized carbons (Fsp3) is 0.0870. The van der Waals surface area contributed by atoms with Gasteiger partial charge in [0.05, 0.1) is 16.3 Å². The van der Waals surface area contributed by atoms with E-state index in [0.29, 0.717) is 27.8 Å². The van der Waals surface area contributed by atoms with Crippen LogP contribution < -0.4 is 20.9 Å². The summed E-state index contributed by atoms with van der Waals surface area (Å²) in [6.45, 7) is -0.00570. The predicted molar refractivity (Wildman–Crippen MR) is 121 cm³/mol. The maximum atomic E-state index is 12.8. The van der Waals surface area contributed by atoms with Crippen molar-refractivity contribution in [1.82, 2.24) is 9.38 Å². The maximum absolute atomic E-state index is 12.8. The summed E-state index contributed by atoms with van der Waals surface area (Å²) in [5, 5.41) is 5.30. The van der Waals surface area contributed by atoms with Crippen LogP contribution in [-0.4, -0.2) is 15.4 Å². The number of benzene rings is 2. The van der Waals surface area contributed by atoms with Crippen LogP contribution in [0.5, 0.6) is 5.75 Å². The van der Waals surface area contributed by atoms with Gasteiger partial charge in [0.2, 0.25) is 0 Å². The molecule has 0 fully saturated rings. The first-order chi connectivity index (χ1) is 16.2. The minimum absolute atomic E-state index is 0.00492. The lowest BCUT2D eigenvalue weighted by atomic mass is 10.2. The van der Waals surface area contributed by atoms with Gasteiger partial charge in [0.1, 0.15) is 18.0 Å². The highest BCUT2D eigenvalue weighted by Crippen LogP contribution is 2.30. The van der Waals surface area contributed by atoms with Crippen LogP contribution in [0.25, 0.3) is 5.65 Å². The number of anilines is 2. The van der Waals surface area contributed by atoms with Crippen molar-refractivity contribution < 1.29 is 22.7 Å². The average Bonchev–Trinajstić information content (AvgIpc) is 2.78. The molecule has 11 heteroatoms. The molecule has 0 bridgehead atoms. The summed E-state index contributed by atoms with van der Waals surface area (Å²) in [5.41, 5.74) is -0.0264. The monoisotopic (exact) mass is 488 g/mol. The first kappa shape index (κ1) is 23.1. The molecular formula is C23H16ClF3N4O3. The summed E-state index contributed by atoms with van der Waals surface area (Å²) in [4.78, 5) is 28.8. The first-order valence-corrected chi connectivity index (χ1v) is 10.2. The molecule has 34 heavy (non-hydrogen) atoms. The summed E-state index contributed by atoms with van der Waals surface area (Å²) in [7, 11) is 0. The highest BCUT2D eigenvalue weighted by atomic mass is 35.5. The number of aromatic nitrogens is 2. The Morgan fingerprint density at radius 1 is 1.00 bits per heavy atom. The van der Waals surface area contributed by atoms with E-state index in [1.165, 1.54) is 34.9 Å². The number of carbonyl (C=O) groups excluding carboxylic acids is 1. The van der Waals surface area contributed by atoms with E-state index in [2.05, 4.69) is 15.6 Å². The third kappa shape index (κ3) is 5.65. The number of halogens is 4. The number of pyridine rings is 1. The second kappa shape index (κ2) is 9.44. The highest BCUT2D eigenvalue weighted by Gasteiger charge is 2.30. The standard InChI is InChI=1S/C23H16ClF3N4O3/c24-15-7-8-20-28-18(11-21(32)31(20)12-15)13-34-19-6-2-5-17(10-19)30-22(33)29-16-4-1-3-14(9-16)23(25,26)27/h1-12H,13H2,(H2,29,30,33). The molecule has 2 heterocycles. The van der Waals surface area contributed by atoms with E-state index >= 15 is 0 Å². The topological polar surface area (TPSA) is 84.7 Å². The summed E-state index contributed by atoms with van der Waals surface area (Å²) in [6.07, 6.45) is -3.05. The molecule has 174 valence electrons. The van der Waals surface area contributed by atoms with E-state index in [9.17, 15) is 22.8 Å². The minimum atomic E-state index is -4.52. The molecule has 0 unspecified atom stereocenters. The molecule has 0 aliphatic carbocycles. The third-order valence-corrected chi connectivity index (χ3v) is 4.83. The zero-order valence-corrected chi connectivity index (χ0v) is 18.0. The number of amides is 2. The van der Waals surface area contributed by atoms with Gasteiger partial charge in [0, 0.05) is 29.7 Å². The van der Waals surface area contributed by atoms with Crippen LogP contribution >= 0.6 is 11.6 Å². The number of hydrogen-bond donors (Lipinski definition) is 2. The van der Waals surface area contributed by atoms with Crippen molar-refractivity contribution in [2.24, 2.45) is 0 Å². The fourth-order valence-electron chi connectivity index (χ4n) is 3.09. The molecular weight excluding hydrogens is 473 g/mol. The van der Waals surface area contributed by atoms with Crippen LogP contribution in [0.4, 0.5) is 29.3 Å². The third-order valence-electron chi connectivity index (χ3n) is 4.60. The van der Waals surface area contributed by atoms with Gasteiger partial charge in [-0.15, -0.1) is 0 Å². The van der Waals surface area contributed by atoms with Gasteiger partial charge in [-0.05, 0) is 42.5 Å². The van der Waals surface area contributed by atoms with E-state index in [4.69, 9.17) is 16.3 Å². The molecule has 2 aromatic heterocycles. The lowest BCUT2D eigenvalue weighted by Crippen LogP contribution is -2.19. The Balaban J connectivity index is 1.40. The van der Waals surface area contributed by atoms with Gasteiger partial charge in [-0.3, -0.25) is 9.20 Å². The van der Waals surface area contributed by atoms with Gasteiger partial charge in [-0.25, -0.2) is 9.78 Å². The fourth-order valence-corrected chi connectivity index (χ4v) is 3.25. The number of nitrogens with one attached hydrogen (secondary N) is 2. The summed E-state index contributed by atoms with van der Waals surface area (Å²) in [6, 6.07) is 14.5. The zero-order chi connectivity index (χ0) is 24.3. The van der Waals surface area contributed by atoms with Crippen LogP contribution in [0.1, 0.15) is 11.3 Å².